The van der Waals surface area contributed by atoms with Gasteiger partial charge in [0.2, 0.25) is 0 Å². The Labute approximate surface area is 134 Å². The van der Waals surface area contributed by atoms with E-state index >= 15 is 0 Å². The summed E-state index contributed by atoms with van der Waals surface area (Å²) in [7, 11) is 0. The van der Waals surface area contributed by atoms with E-state index in [9.17, 15) is 0 Å². The third kappa shape index (κ3) is 2.12. The highest BCUT2D eigenvalue weighted by Crippen LogP contribution is 2.37. The number of furan rings is 1. The van der Waals surface area contributed by atoms with E-state index in [2.05, 4.69) is 61.7 Å². The average molecular weight is 355 g/mol. The number of nitrogens with one attached hydrogen (secondary N) is 1. The van der Waals surface area contributed by atoms with Crippen molar-refractivity contribution in [2.24, 2.45) is 0 Å². The Hall–Kier alpha value is -2.47. The third-order valence-corrected chi connectivity index (χ3v) is 4.18. The van der Waals surface area contributed by atoms with Gasteiger partial charge in [-0.25, -0.2) is 5.10 Å². The maximum Gasteiger partial charge on any atom is 0.179 e. The van der Waals surface area contributed by atoms with Crippen LogP contribution in [0.2, 0.25) is 0 Å². The van der Waals surface area contributed by atoms with Gasteiger partial charge in [0.1, 0.15) is 5.76 Å². The predicted octanol–water partition coefficient (Wildman–Crippen LogP) is 4.35. The van der Waals surface area contributed by atoms with Crippen LogP contribution in [0.25, 0.3) is 33.5 Å². The zero-order valence-electron chi connectivity index (χ0n) is 11.7. The molecular weight excluding hydrogens is 344 g/mol. The molecular formula is C16H11BrN4O. The number of aromatic nitrogens is 4. The molecule has 5 nitrogen and oxygen atoms in total. The SMILES string of the molecule is Cc1ccc2c(-c3ccc(-c4nnn[nH]4)cc3)oc(Br)c2c1. The first-order valence-electron chi connectivity index (χ1n) is 6.75. The van der Waals surface area contributed by atoms with Crippen LogP contribution in [-0.4, -0.2) is 20.6 Å². The van der Waals surface area contributed by atoms with Gasteiger partial charge in [-0.3, -0.25) is 0 Å². The van der Waals surface area contributed by atoms with E-state index in [4.69, 9.17) is 4.42 Å². The monoisotopic (exact) mass is 354 g/mol. The van der Waals surface area contributed by atoms with Gasteiger partial charge in [0.15, 0.2) is 10.5 Å². The predicted molar refractivity (Wildman–Crippen MR) is 87.3 cm³/mol. The van der Waals surface area contributed by atoms with Crippen molar-refractivity contribution in [2.75, 3.05) is 0 Å². The molecule has 2 aromatic heterocycles. The summed E-state index contributed by atoms with van der Waals surface area (Å²) in [6, 6.07) is 14.2. The molecule has 0 aliphatic rings. The molecule has 2 aromatic carbocycles. The minimum absolute atomic E-state index is 0.646. The van der Waals surface area contributed by atoms with Crippen LogP contribution < -0.4 is 0 Å². The van der Waals surface area contributed by atoms with Crippen LogP contribution in [0, 0.1) is 6.92 Å². The Morgan fingerprint density at radius 2 is 1.77 bits per heavy atom. The van der Waals surface area contributed by atoms with Gasteiger partial charge in [-0.15, -0.1) is 5.10 Å². The lowest BCUT2D eigenvalue weighted by atomic mass is 10.0. The van der Waals surface area contributed by atoms with E-state index in [-0.39, 0.29) is 0 Å². The highest BCUT2D eigenvalue weighted by atomic mass is 79.9. The second-order valence-corrected chi connectivity index (χ2v) is 5.80. The van der Waals surface area contributed by atoms with Crippen LogP contribution in [0.3, 0.4) is 0 Å². The molecule has 2 heterocycles. The summed E-state index contributed by atoms with van der Waals surface area (Å²) in [4.78, 5) is 0. The van der Waals surface area contributed by atoms with Crippen molar-refractivity contribution in [3.63, 3.8) is 0 Å². The van der Waals surface area contributed by atoms with E-state index in [1.165, 1.54) is 5.56 Å². The molecule has 0 aliphatic heterocycles. The van der Waals surface area contributed by atoms with Crippen molar-refractivity contribution in [2.45, 2.75) is 6.92 Å². The number of aryl methyl sites for hydroxylation is 1. The van der Waals surface area contributed by atoms with Crippen molar-refractivity contribution < 1.29 is 4.42 Å². The van der Waals surface area contributed by atoms with Crippen LogP contribution >= 0.6 is 15.9 Å². The molecule has 0 atom stereocenters. The Morgan fingerprint density at radius 3 is 2.50 bits per heavy atom. The highest BCUT2D eigenvalue weighted by molar-refractivity contribution is 9.10. The molecule has 6 heteroatoms. The molecule has 4 rings (SSSR count). The van der Waals surface area contributed by atoms with Crippen LogP contribution in [0.5, 0.6) is 0 Å². The van der Waals surface area contributed by atoms with Gasteiger partial charge < -0.3 is 4.42 Å². The summed E-state index contributed by atoms with van der Waals surface area (Å²) < 4.78 is 6.66. The molecule has 108 valence electrons. The number of nitrogens with zero attached hydrogens (tertiary/aromatic N) is 3. The van der Waals surface area contributed by atoms with Crippen molar-refractivity contribution in [3.05, 3.63) is 52.7 Å². The van der Waals surface area contributed by atoms with E-state index < -0.39 is 0 Å². The second kappa shape index (κ2) is 5.06. The Balaban J connectivity index is 1.82. The number of halogens is 1. The van der Waals surface area contributed by atoms with Crippen molar-refractivity contribution in [1.82, 2.24) is 20.6 Å². The Bertz CT molecular complexity index is 942. The molecule has 0 saturated carbocycles. The van der Waals surface area contributed by atoms with Gasteiger partial charge >= 0.3 is 0 Å². The second-order valence-electron chi connectivity index (χ2n) is 5.08. The van der Waals surface area contributed by atoms with E-state index in [1.54, 1.807) is 0 Å². The van der Waals surface area contributed by atoms with Crippen molar-refractivity contribution >= 4 is 26.7 Å². The lowest BCUT2D eigenvalue weighted by Crippen LogP contribution is -1.82. The summed E-state index contributed by atoms with van der Waals surface area (Å²) in [5.41, 5.74) is 3.14. The van der Waals surface area contributed by atoms with Crippen LogP contribution in [0.1, 0.15) is 5.56 Å². The number of hydrogen-bond acceptors (Lipinski definition) is 4. The summed E-state index contributed by atoms with van der Waals surface area (Å²) in [6.07, 6.45) is 0. The van der Waals surface area contributed by atoms with Gasteiger partial charge in [-0.05, 0) is 39.3 Å². The number of aromatic amines is 1. The zero-order chi connectivity index (χ0) is 15.1. The van der Waals surface area contributed by atoms with Crippen molar-refractivity contribution in [3.8, 4) is 22.7 Å². The molecule has 0 radical (unpaired) electrons. The number of H-pyrrole nitrogens is 1. The summed E-state index contributed by atoms with van der Waals surface area (Å²) in [6.45, 7) is 2.07. The van der Waals surface area contributed by atoms with Gasteiger partial charge in [-0.1, -0.05) is 42.0 Å². The summed E-state index contributed by atoms with van der Waals surface area (Å²) >= 11 is 3.50. The number of tetrazole rings is 1. The molecule has 4 aromatic rings. The van der Waals surface area contributed by atoms with E-state index in [1.807, 2.05) is 24.3 Å². The first kappa shape index (κ1) is 13.2. The van der Waals surface area contributed by atoms with Gasteiger partial charge in [0.25, 0.3) is 0 Å². The average Bonchev–Trinajstić information content (AvgIpc) is 3.16. The lowest BCUT2D eigenvalue weighted by molar-refractivity contribution is 0.561. The van der Waals surface area contributed by atoms with Crippen LogP contribution in [-0.2, 0) is 0 Å². The minimum Gasteiger partial charge on any atom is -0.448 e. The third-order valence-electron chi connectivity index (χ3n) is 3.59. The largest absolute Gasteiger partial charge is 0.448 e. The van der Waals surface area contributed by atoms with E-state index in [0.717, 1.165) is 32.3 Å². The quantitative estimate of drug-likeness (QED) is 0.580. The molecule has 0 aliphatic carbocycles. The fourth-order valence-corrected chi connectivity index (χ4v) is 2.98. The highest BCUT2D eigenvalue weighted by Gasteiger charge is 2.13. The molecule has 0 unspecified atom stereocenters. The molecule has 0 amide bonds. The van der Waals surface area contributed by atoms with E-state index in [0.29, 0.717) is 5.82 Å². The Morgan fingerprint density at radius 1 is 1.00 bits per heavy atom. The number of rotatable bonds is 2. The molecule has 0 bridgehead atoms. The maximum atomic E-state index is 5.91. The van der Waals surface area contributed by atoms with Gasteiger partial charge in [0.05, 0.1) is 0 Å². The van der Waals surface area contributed by atoms with Crippen LogP contribution in [0.15, 0.2) is 51.6 Å². The fraction of sp³-hybridized carbons (Fsp3) is 0.0625. The standard InChI is InChI=1S/C16H11BrN4O/c1-9-2-7-12-13(8-9)15(17)22-14(12)10-3-5-11(6-4-10)16-18-20-21-19-16/h2-8H,1H3,(H,18,19,20,21). The first-order valence-corrected chi connectivity index (χ1v) is 7.55. The zero-order valence-corrected chi connectivity index (χ0v) is 13.3. The molecule has 22 heavy (non-hydrogen) atoms. The Kier molecular flexibility index (Phi) is 3.04. The molecule has 1 N–H and O–H groups in total. The smallest absolute Gasteiger partial charge is 0.179 e. The lowest BCUT2D eigenvalue weighted by Gasteiger charge is -2.00. The topological polar surface area (TPSA) is 67.6 Å². The van der Waals surface area contributed by atoms with Gasteiger partial charge in [0, 0.05) is 21.9 Å². The number of benzene rings is 2. The maximum absolute atomic E-state index is 5.91. The normalized spacial score (nSPS) is 11.2. The first-order chi connectivity index (χ1) is 10.7. The van der Waals surface area contributed by atoms with Crippen LogP contribution in [0.4, 0.5) is 0 Å². The number of hydrogen-bond donors (Lipinski definition) is 1. The summed E-state index contributed by atoms with van der Waals surface area (Å²) in [5.74, 6) is 1.50. The number of fused-ring (bicyclic) bond motifs is 1. The summed E-state index contributed by atoms with van der Waals surface area (Å²) in [5, 5.41) is 16.0. The molecule has 0 fully saturated rings. The minimum atomic E-state index is 0.646. The van der Waals surface area contributed by atoms with Gasteiger partial charge in [-0.2, -0.15) is 0 Å². The molecule has 0 spiro atoms. The fourth-order valence-electron chi connectivity index (χ4n) is 2.49. The van der Waals surface area contributed by atoms with Crippen molar-refractivity contribution in [1.29, 1.82) is 0 Å². The molecule has 0 saturated heterocycles.